The number of phenols is 1. The van der Waals surface area contributed by atoms with Crippen LogP contribution in [0.5, 0.6) is 17.2 Å². The average molecular weight is 375 g/mol. The highest BCUT2D eigenvalue weighted by molar-refractivity contribution is 6.39. The molecule has 0 aliphatic rings. The molecule has 0 aliphatic heterocycles. The van der Waals surface area contributed by atoms with Crippen molar-refractivity contribution in [2.45, 2.75) is 0 Å². The van der Waals surface area contributed by atoms with Crippen molar-refractivity contribution in [1.82, 2.24) is 5.43 Å². The quantitative estimate of drug-likeness (QED) is 0.362. The minimum atomic E-state index is -0.934. The van der Waals surface area contributed by atoms with Crippen molar-refractivity contribution in [3.8, 4) is 17.2 Å². The van der Waals surface area contributed by atoms with Gasteiger partial charge in [0.15, 0.2) is 0 Å². The van der Waals surface area contributed by atoms with Crippen molar-refractivity contribution in [1.29, 1.82) is 0 Å². The molecule has 0 saturated heterocycles. The summed E-state index contributed by atoms with van der Waals surface area (Å²) in [6.07, 6.45) is 1.25. The molecule has 0 heterocycles. The van der Waals surface area contributed by atoms with E-state index in [-0.39, 0.29) is 5.75 Å². The lowest BCUT2D eigenvalue weighted by Gasteiger charge is -2.07. The van der Waals surface area contributed by atoms with Crippen LogP contribution in [-0.4, -0.2) is 23.1 Å². The number of ether oxygens (including phenoxy) is 1. The Hall–Kier alpha value is -4.13. The van der Waals surface area contributed by atoms with Gasteiger partial charge in [-0.25, -0.2) is 5.43 Å². The lowest BCUT2D eigenvalue weighted by Crippen LogP contribution is -2.32. The van der Waals surface area contributed by atoms with Crippen LogP contribution in [-0.2, 0) is 9.59 Å². The maximum absolute atomic E-state index is 11.9. The molecule has 7 heteroatoms. The third-order valence-corrected chi connectivity index (χ3v) is 3.60. The number of aromatic hydroxyl groups is 1. The standard InChI is InChI=1S/C21H17N3O4/c25-19-9-5-4-6-15(19)14-22-24-21(27)20(26)23-16-10-12-18(13-11-16)28-17-7-2-1-3-8-17/h1-14,25H,(H,23,26)(H,24,27)/b22-14-. The second-order valence-electron chi connectivity index (χ2n) is 5.65. The van der Waals surface area contributed by atoms with Gasteiger partial charge in [-0.2, -0.15) is 5.10 Å². The molecule has 3 rings (SSSR count). The van der Waals surface area contributed by atoms with Gasteiger partial charge >= 0.3 is 11.8 Å². The van der Waals surface area contributed by atoms with Crippen LogP contribution in [0.2, 0.25) is 0 Å². The summed E-state index contributed by atoms with van der Waals surface area (Å²) >= 11 is 0. The Labute approximate surface area is 161 Å². The zero-order valence-electron chi connectivity index (χ0n) is 14.7. The number of benzene rings is 3. The molecule has 7 nitrogen and oxygen atoms in total. The molecule has 3 N–H and O–H groups in total. The van der Waals surface area contributed by atoms with Gasteiger partial charge in [-0.3, -0.25) is 9.59 Å². The Morgan fingerprint density at radius 1 is 0.821 bits per heavy atom. The number of hydrazone groups is 1. The molecule has 0 saturated carbocycles. The van der Waals surface area contributed by atoms with Crippen molar-refractivity contribution in [2.75, 3.05) is 5.32 Å². The van der Waals surface area contributed by atoms with E-state index in [0.717, 1.165) is 0 Å². The van der Waals surface area contributed by atoms with Gasteiger partial charge in [-0.1, -0.05) is 30.3 Å². The van der Waals surface area contributed by atoms with E-state index >= 15 is 0 Å². The number of carbonyl (C=O) groups is 2. The number of nitrogens with zero attached hydrogens (tertiary/aromatic N) is 1. The molecule has 0 bridgehead atoms. The first-order chi connectivity index (χ1) is 13.6. The summed E-state index contributed by atoms with van der Waals surface area (Å²) in [7, 11) is 0. The average Bonchev–Trinajstić information content (AvgIpc) is 2.71. The van der Waals surface area contributed by atoms with Crippen LogP contribution in [0, 0.1) is 0 Å². The van der Waals surface area contributed by atoms with Crippen molar-refractivity contribution in [2.24, 2.45) is 5.10 Å². The second kappa shape index (κ2) is 9.00. The van der Waals surface area contributed by atoms with Crippen molar-refractivity contribution in [3.63, 3.8) is 0 Å². The van der Waals surface area contributed by atoms with E-state index in [9.17, 15) is 14.7 Å². The fourth-order valence-corrected chi connectivity index (χ4v) is 2.23. The van der Waals surface area contributed by atoms with Crippen molar-refractivity contribution < 1.29 is 19.4 Å². The van der Waals surface area contributed by atoms with Gasteiger partial charge in [-0.15, -0.1) is 0 Å². The van der Waals surface area contributed by atoms with E-state index in [1.54, 1.807) is 42.5 Å². The fraction of sp³-hybridized carbons (Fsp3) is 0. The fourth-order valence-electron chi connectivity index (χ4n) is 2.23. The monoisotopic (exact) mass is 375 g/mol. The smallest absolute Gasteiger partial charge is 0.329 e. The van der Waals surface area contributed by atoms with Gasteiger partial charge in [0.05, 0.1) is 6.21 Å². The summed E-state index contributed by atoms with van der Waals surface area (Å²) in [5.41, 5.74) is 2.95. The van der Waals surface area contributed by atoms with Gasteiger partial charge in [-0.05, 0) is 48.5 Å². The summed E-state index contributed by atoms with van der Waals surface area (Å²) in [5, 5.41) is 15.7. The molecule has 0 aliphatic carbocycles. The SMILES string of the molecule is O=C(N/N=C\c1ccccc1O)C(=O)Nc1ccc(Oc2ccccc2)cc1. The second-order valence-corrected chi connectivity index (χ2v) is 5.65. The number of hydrogen-bond acceptors (Lipinski definition) is 5. The highest BCUT2D eigenvalue weighted by Gasteiger charge is 2.13. The maximum Gasteiger partial charge on any atom is 0.329 e. The first-order valence-electron chi connectivity index (χ1n) is 8.37. The first-order valence-corrected chi connectivity index (χ1v) is 8.37. The minimum Gasteiger partial charge on any atom is -0.507 e. The van der Waals surface area contributed by atoms with E-state index in [0.29, 0.717) is 22.7 Å². The van der Waals surface area contributed by atoms with Crippen LogP contribution in [0.25, 0.3) is 0 Å². The van der Waals surface area contributed by atoms with E-state index in [1.807, 2.05) is 30.3 Å². The van der Waals surface area contributed by atoms with Crippen LogP contribution in [0.1, 0.15) is 5.56 Å². The van der Waals surface area contributed by atoms with Gasteiger partial charge < -0.3 is 15.2 Å². The molecule has 3 aromatic carbocycles. The van der Waals surface area contributed by atoms with E-state index in [2.05, 4.69) is 15.8 Å². The first kappa shape index (κ1) is 18.7. The molecule has 0 aromatic heterocycles. The van der Waals surface area contributed by atoms with Gasteiger partial charge in [0, 0.05) is 11.3 Å². The minimum absolute atomic E-state index is 0.0164. The molecule has 3 aromatic rings. The molecular formula is C21H17N3O4. The molecule has 0 atom stereocenters. The summed E-state index contributed by atoms with van der Waals surface area (Å²) < 4.78 is 5.66. The summed E-state index contributed by atoms with van der Waals surface area (Å²) in [5.74, 6) is -0.493. The third kappa shape index (κ3) is 5.18. The number of nitrogens with one attached hydrogen (secondary N) is 2. The van der Waals surface area contributed by atoms with Gasteiger partial charge in [0.2, 0.25) is 0 Å². The van der Waals surface area contributed by atoms with E-state index < -0.39 is 11.8 Å². The topological polar surface area (TPSA) is 100 Å². The van der Waals surface area contributed by atoms with Crippen LogP contribution in [0.3, 0.4) is 0 Å². The number of amides is 2. The molecule has 140 valence electrons. The Morgan fingerprint density at radius 3 is 2.18 bits per heavy atom. The van der Waals surface area contributed by atoms with E-state index in [1.165, 1.54) is 12.3 Å². The Morgan fingerprint density at radius 2 is 1.46 bits per heavy atom. The number of hydrogen-bond donors (Lipinski definition) is 3. The summed E-state index contributed by atoms with van der Waals surface area (Å²) in [6.45, 7) is 0. The van der Waals surface area contributed by atoms with E-state index in [4.69, 9.17) is 4.74 Å². The predicted molar refractivity (Wildman–Crippen MR) is 105 cm³/mol. The number of phenolic OH excluding ortho intramolecular Hbond substituents is 1. The number of anilines is 1. The van der Waals surface area contributed by atoms with Crippen LogP contribution < -0.4 is 15.5 Å². The zero-order chi connectivity index (χ0) is 19.8. The Balaban J connectivity index is 1.52. The largest absolute Gasteiger partial charge is 0.507 e. The molecule has 0 unspecified atom stereocenters. The highest BCUT2D eigenvalue weighted by Crippen LogP contribution is 2.22. The van der Waals surface area contributed by atoms with Crippen molar-refractivity contribution in [3.05, 3.63) is 84.4 Å². The van der Waals surface area contributed by atoms with Gasteiger partial charge in [0.25, 0.3) is 0 Å². The number of rotatable bonds is 5. The molecule has 0 radical (unpaired) electrons. The molecule has 2 amide bonds. The van der Waals surface area contributed by atoms with Crippen LogP contribution in [0.15, 0.2) is 84.0 Å². The normalized spacial score (nSPS) is 10.4. The molecule has 0 spiro atoms. The zero-order valence-corrected chi connectivity index (χ0v) is 14.7. The third-order valence-electron chi connectivity index (χ3n) is 3.60. The van der Waals surface area contributed by atoms with Crippen LogP contribution in [0.4, 0.5) is 5.69 Å². The van der Waals surface area contributed by atoms with Crippen molar-refractivity contribution >= 4 is 23.7 Å². The summed E-state index contributed by atoms with van der Waals surface area (Å²) in [6, 6.07) is 22.3. The molecule has 28 heavy (non-hydrogen) atoms. The Bertz CT molecular complexity index is 986. The predicted octanol–water partition coefficient (Wildman–Crippen LogP) is 3.27. The Kier molecular flexibility index (Phi) is 5.99. The maximum atomic E-state index is 11.9. The molecule has 0 fully saturated rings. The van der Waals surface area contributed by atoms with Crippen LogP contribution >= 0.6 is 0 Å². The number of para-hydroxylation sites is 2. The highest BCUT2D eigenvalue weighted by atomic mass is 16.5. The number of carbonyl (C=O) groups excluding carboxylic acids is 2. The van der Waals surface area contributed by atoms with Gasteiger partial charge in [0.1, 0.15) is 17.2 Å². The lowest BCUT2D eigenvalue weighted by atomic mass is 10.2. The molecular weight excluding hydrogens is 358 g/mol. The lowest BCUT2D eigenvalue weighted by molar-refractivity contribution is -0.136. The summed E-state index contributed by atoms with van der Waals surface area (Å²) in [4.78, 5) is 23.7.